The minimum atomic E-state index is -0.0133. The molecule has 1 N–H and O–H groups in total. The van der Waals surface area contributed by atoms with Crippen molar-refractivity contribution in [2.45, 2.75) is 32.7 Å². The van der Waals surface area contributed by atoms with Gasteiger partial charge in [-0.1, -0.05) is 50.2 Å². The second-order valence-corrected chi connectivity index (χ2v) is 6.91. The summed E-state index contributed by atoms with van der Waals surface area (Å²) in [4.78, 5) is 14.9. The smallest absolute Gasteiger partial charge is 0.251 e. The van der Waals surface area contributed by atoms with Gasteiger partial charge < -0.3 is 5.32 Å². The minimum Gasteiger partial charge on any atom is -0.348 e. The van der Waals surface area contributed by atoms with Crippen LogP contribution >= 0.6 is 11.8 Å². The van der Waals surface area contributed by atoms with E-state index in [4.69, 9.17) is 0 Å². The van der Waals surface area contributed by atoms with Crippen LogP contribution in [-0.4, -0.2) is 30.2 Å². The molecule has 0 aromatic heterocycles. The van der Waals surface area contributed by atoms with Crippen LogP contribution in [0.25, 0.3) is 0 Å². The maximum Gasteiger partial charge on any atom is 0.251 e. The van der Waals surface area contributed by atoms with E-state index in [-0.39, 0.29) is 5.91 Å². The van der Waals surface area contributed by atoms with Gasteiger partial charge >= 0.3 is 0 Å². The van der Waals surface area contributed by atoms with Crippen molar-refractivity contribution in [1.29, 1.82) is 0 Å². The third-order valence-corrected chi connectivity index (χ3v) is 4.97. The Morgan fingerprint density at radius 2 is 1.76 bits per heavy atom. The summed E-state index contributed by atoms with van der Waals surface area (Å²) in [6.07, 6.45) is 2.07. The summed E-state index contributed by atoms with van der Waals surface area (Å²) >= 11 is 1.76. The van der Waals surface area contributed by atoms with Gasteiger partial charge in [-0.25, -0.2) is 0 Å². The number of amides is 1. The number of carbonyl (C=O) groups excluding carboxylic acids is 1. The Hall–Kier alpha value is -1.78. The highest BCUT2D eigenvalue weighted by Gasteiger charge is 2.09. The van der Waals surface area contributed by atoms with Gasteiger partial charge in [0.2, 0.25) is 0 Å². The topological polar surface area (TPSA) is 32.3 Å². The fraction of sp³-hybridized carbons (Fsp3) is 0.381. The van der Waals surface area contributed by atoms with Gasteiger partial charge in [0.05, 0.1) is 0 Å². The van der Waals surface area contributed by atoms with Gasteiger partial charge in [0, 0.05) is 24.4 Å². The van der Waals surface area contributed by atoms with Crippen LogP contribution in [0.2, 0.25) is 0 Å². The minimum absolute atomic E-state index is 0.0133. The van der Waals surface area contributed by atoms with E-state index in [0.29, 0.717) is 6.54 Å². The molecule has 0 spiro atoms. The zero-order valence-corrected chi connectivity index (χ0v) is 16.2. The average molecular weight is 357 g/mol. The number of thioether (sulfide) groups is 1. The fourth-order valence-electron chi connectivity index (χ4n) is 2.82. The van der Waals surface area contributed by atoms with E-state index >= 15 is 0 Å². The first-order chi connectivity index (χ1) is 12.2. The SMILES string of the molecule is CCN(CC)Cc1ccccc1CNC(=O)c1cccc(CSC)c1. The number of benzene rings is 2. The lowest BCUT2D eigenvalue weighted by Gasteiger charge is -2.20. The molecule has 1 amide bonds. The van der Waals surface area contributed by atoms with E-state index in [1.54, 1.807) is 11.8 Å². The summed E-state index contributed by atoms with van der Waals surface area (Å²) in [5, 5.41) is 3.07. The first-order valence-electron chi connectivity index (χ1n) is 8.83. The van der Waals surface area contributed by atoms with Gasteiger partial charge in [-0.3, -0.25) is 9.69 Å². The summed E-state index contributed by atoms with van der Waals surface area (Å²) in [5.74, 6) is 0.911. The average Bonchev–Trinajstić information content (AvgIpc) is 2.65. The Bertz CT molecular complexity index is 683. The van der Waals surface area contributed by atoms with Crippen LogP contribution in [0.1, 0.15) is 40.9 Å². The molecule has 0 fully saturated rings. The molecule has 2 aromatic rings. The fourth-order valence-corrected chi connectivity index (χ4v) is 3.33. The Morgan fingerprint density at radius 1 is 1.04 bits per heavy atom. The molecule has 0 heterocycles. The van der Waals surface area contributed by atoms with Crippen molar-refractivity contribution < 1.29 is 4.79 Å². The van der Waals surface area contributed by atoms with Crippen molar-refractivity contribution >= 4 is 17.7 Å². The molecule has 0 radical (unpaired) electrons. The Morgan fingerprint density at radius 3 is 2.44 bits per heavy atom. The third-order valence-electron chi connectivity index (χ3n) is 4.35. The predicted molar refractivity (Wildman–Crippen MR) is 108 cm³/mol. The van der Waals surface area contributed by atoms with Crippen molar-refractivity contribution in [3.63, 3.8) is 0 Å². The van der Waals surface area contributed by atoms with E-state index in [2.05, 4.69) is 54.6 Å². The maximum absolute atomic E-state index is 12.5. The molecule has 0 saturated carbocycles. The molecule has 2 aromatic carbocycles. The van der Waals surface area contributed by atoms with Crippen molar-refractivity contribution in [2.75, 3.05) is 19.3 Å². The third kappa shape index (κ3) is 5.91. The molecule has 0 aliphatic heterocycles. The van der Waals surface area contributed by atoms with Gasteiger partial charge in [-0.2, -0.15) is 11.8 Å². The van der Waals surface area contributed by atoms with Crippen LogP contribution in [-0.2, 0) is 18.8 Å². The van der Waals surface area contributed by atoms with Crippen LogP contribution in [0, 0.1) is 0 Å². The Kier molecular flexibility index (Phi) is 8.02. The van der Waals surface area contributed by atoms with E-state index in [1.165, 1.54) is 16.7 Å². The molecular formula is C21H28N2OS. The standard InChI is InChI=1S/C21H28N2OS/c1-4-23(5-2)15-20-11-7-6-10-19(20)14-22-21(24)18-12-8-9-17(13-18)16-25-3/h6-13H,4-5,14-16H2,1-3H3,(H,22,24). The molecule has 0 saturated heterocycles. The lowest BCUT2D eigenvalue weighted by atomic mass is 10.1. The normalized spacial score (nSPS) is 10.9. The zero-order chi connectivity index (χ0) is 18.1. The Balaban J connectivity index is 2.03. The van der Waals surface area contributed by atoms with Crippen molar-refractivity contribution in [3.05, 3.63) is 70.8 Å². The highest BCUT2D eigenvalue weighted by Crippen LogP contribution is 2.14. The number of nitrogens with one attached hydrogen (secondary N) is 1. The second kappa shape index (κ2) is 10.3. The van der Waals surface area contributed by atoms with E-state index < -0.39 is 0 Å². The molecule has 0 bridgehead atoms. The molecule has 134 valence electrons. The number of rotatable bonds is 9. The van der Waals surface area contributed by atoms with Gasteiger partial charge in [-0.15, -0.1) is 0 Å². The predicted octanol–water partition coefficient (Wildman–Crippen LogP) is 4.32. The molecule has 0 aliphatic rings. The lowest BCUT2D eigenvalue weighted by Crippen LogP contribution is -2.26. The number of hydrogen-bond donors (Lipinski definition) is 1. The Labute approximate surface area is 155 Å². The van der Waals surface area contributed by atoms with Crippen molar-refractivity contribution in [2.24, 2.45) is 0 Å². The molecule has 2 rings (SSSR count). The van der Waals surface area contributed by atoms with Crippen LogP contribution < -0.4 is 5.32 Å². The largest absolute Gasteiger partial charge is 0.348 e. The van der Waals surface area contributed by atoms with Crippen LogP contribution in [0.5, 0.6) is 0 Å². The van der Waals surface area contributed by atoms with Gasteiger partial charge in [0.15, 0.2) is 0 Å². The monoisotopic (exact) mass is 356 g/mol. The van der Waals surface area contributed by atoms with E-state index in [9.17, 15) is 4.79 Å². The number of nitrogens with zero attached hydrogens (tertiary/aromatic N) is 1. The first kappa shape index (κ1) is 19.5. The molecular weight excluding hydrogens is 328 g/mol. The maximum atomic E-state index is 12.5. The van der Waals surface area contributed by atoms with Crippen molar-refractivity contribution in [1.82, 2.24) is 10.2 Å². The van der Waals surface area contributed by atoms with Crippen LogP contribution in [0.15, 0.2) is 48.5 Å². The highest BCUT2D eigenvalue weighted by atomic mass is 32.2. The number of carbonyl (C=O) groups is 1. The molecule has 4 heteroatoms. The zero-order valence-electron chi connectivity index (χ0n) is 15.4. The summed E-state index contributed by atoms with van der Waals surface area (Å²) in [5.41, 5.74) is 4.38. The van der Waals surface area contributed by atoms with Crippen LogP contribution in [0.3, 0.4) is 0 Å². The summed E-state index contributed by atoms with van der Waals surface area (Å²) in [7, 11) is 0. The molecule has 0 aliphatic carbocycles. The molecule has 0 atom stereocenters. The summed E-state index contributed by atoms with van der Waals surface area (Å²) < 4.78 is 0. The van der Waals surface area contributed by atoms with Crippen LogP contribution in [0.4, 0.5) is 0 Å². The molecule has 0 unspecified atom stereocenters. The molecule has 3 nitrogen and oxygen atoms in total. The quantitative estimate of drug-likeness (QED) is 0.726. The lowest BCUT2D eigenvalue weighted by molar-refractivity contribution is 0.0950. The van der Waals surface area contributed by atoms with Crippen molar-refractivity contribution in [3.8, 4) is 0 Å². The summed E-state index contributed by atoms with van der Waals surface area (Å²) in [6.45, 7) is 7.88. The van der Waals surface area contributed by atoms with E-state index in [1.807, 2.05) is 24.3 Å². The van der Waals surface area contributed by atoms with E-state index in [0.717, 1.165) is 31.0 Å². The second-order valence-electron chi connectivity index (χ2n) is 6.05. The van der Waals surface area contributed by atoms with Gasteiger partial charge in [0.25, 0.3) is 5.91 Å². The molecule has 25 heavy (non-hydrogen) atoms. The number of hydrogen-bond acceptors (Lipinski definition) is 3. The highest BCUT2D eigenvalue weighted by molar-refractivity contribution is 7.97. The summed E-state index contributed by atoms with van der Waals surface area (Å²) in [6, 6.07) is 16.2. The van der Waals surface area contributed by atoms with Gasteiger partial charge in [0.1, 0.15) is 0 Å². The first-order valence-corrected chi connectivity index (χ1v) is 10.2. The van der Waals surface area contributed by atoms with Gasteiger partial charge in [-0.05, 0) is 48.2 Å².